The highest BCUT2D eigenvalue weighted by atomic mass is 16.6. The van der Waals surface area contributed by atoms with E-state index in [0.29, 0.717) is 0 Å². The number of hydrogen-bond acceptors (Lipinski definition) is 5. The summed E-state index contributed by atoms with van der Waals surface area (Å²) in [6, 6.07) is 7.33. The van der Waals surface area contributed by atoms with E-state index >= 15 is 0 Å². The molecule has 0 amide bonds. The summed E-state index contributed by atoms with van der Waals surface area (Å²) in [6.07, 6.45) is 0. The van der Waals surface area contributed by atoms with Crippen LogP contribution in [0.4, 0.5) is 0 Å². The maximum Gasteiger partial charge on any atom is 0.348 e. The molecule has 1 rings (SSSR count). The van der Waals surface area contributed by atoms with Gasteiger partial charge in [0.05, 0.1) is 0 Å². The Bertz CT molecular complexity index is 507. The number of carbonyl (C=O) groups excluding carboxylic acids is 1. The van der Waals surface area contributed by atoms with Gasteiger partial charge in [-0.1, -0.05) is 30.3 Å². The van der Waals surface area contributed by atoms with Crippen LogP contribution in [0.3, 0.4) is 0 Å². The van der Waals surface area contributed by atoms with Crippen LogP contribution in [0.25, 0.3) is 0 Å². The van der Waals surface area contributed by atoms with Crippen LogP contribution < -0.4 is 5.73 Å². The molecule has 0 aliphatic heterocycles. The maximum absolute atomic E-state index is 11.7. The van der Waals surface area contributed by atoms with E-state index in [-0.39, 0.29) is 5.56 Å². The summed E-state index contributed by atoms with van der Waals surface area (Å²) < 4.78 is 0. The SMILES string of the molecule is NC(=C(C(=O)O)C(=O)c1ccccc1)[N+](=O)[O-]. The van der Waals surface area contributed by atoms with Crippen LogP contribution >= 0.6 is 0 Å². The van der Waals surface area contributed by atoms with Crippen molar-refractivity contribution in [3.63, 3.8) is 0 Å². The van der Waals surface area contributed by atoms with Gasteiger partial charge in [-0.3, -0.25) is 10.5 Å². The van der Waals surface area contributed by atoms with Crippen LogP contribution in [-0.2, 0) is 4.79 Å². The first-order chi connectivity index (χ1) is 7.95. The van der Waals surface area contributed by atoms with Crippen molar-refractivity contribution in [2.75, 3.05) is 0 Å². The smallest absolute Gasteiger partial charge is 0.348 e. The van der Waals surface area contributed by atoms with Crippen molar-refractivity contribution in [3.8, 4) is 0 Å². The summed E-state index contributed by atoms with van der Waals surface area (Å²) in [6.45, 7) is 0. The van der Waals surface area contributed by atoms with Gasteiger partial charge in [-0.05, 0) is 4.92 Å². The molecular weight excluding hydrogens is 228 g/mol. The molecule has 0 aromatic heterocycles. The van der Waals surface area contributed by atoms with Gasteiger partial charge in [0.2, 0.25) is 5.78 Å². The second-order valence-corrected chi connectivity index (χ2v) is 3.02. The zero-order valence-corrected chi connectivity index (χ0v) is 8.49. The van der Waals surface area contributed by atoms with Gasteiger partial charge in [0, 0.05) is 5.56 Å². The highest BCUT2D eigenvalue weighted by molar-refractivity contribution is 6.23. The molecule has 88 valence electrons. The minimum Gasteiger partial charge on any atom is -0.477 e. The number of carbonyl (C=O) groups is 2. The third kappa shape index (κ3) is 2.65. The Labute approximate surface area is 95.3 Å². The van der Waals surface area contributed by atoms with Crippen LogP contribution in [0, 0.1) is 10.1 Å². The molecule has 0 fully saturated rings. The third-order valence-corrected chi connectivity index (χ3v) is 1.93. The van der Waals surface area contributed by atoms with Crippen LogP contribution in [0.5, 0.6) is 0 Å². The third-order valence-electron chi connectivity index (χ3n) is 1.93. The number of ketones is 1. The van der Waals surface area contributed by atoms with Gasteiger partial charge in [-0.15, -0.1) is 0 Å². The summed E-state index contributed by atoms with van der Waals surface area (Å²) in [5.41, 5.74) is 3.96. The number of carboxylic acids is 1. The zero-order chi connectivity index (χ0) is 13.0. The minimum absolute atomic E-state index is 0.0229. The van der Waals surface area contributed by atoms with E-state index in [1.807, 2.05) is 0 Å². The van der Waals surface area contributed by atoms with Crippen molar-refractivity contribution in [1.29, 1.82) is 0 Å². The Morgan fingerprint density at radius 2 is 1.76 bits per heavy atom. The molecule has 1 aromatic carbocycles. The van der Waals surface area contributed by atoms with Crippen LogP contribution in [0.1, 0.15) is 10.4 Å². The first-order valence-electron chi connectivity index (χ1n) is 4.42. The molecule has 1 aromatic rings. The van der Waals surface area contributed by atoms with Gasteiger partial charge in [0.25, 0.3) is 0 Å². The lowest BCUT2D eigenvalue weighted by atomic mass is 10.0. The Kier molecular flexibility index (Phi) is 3.55. The van der Waals surface area contributed by atoms with Gasteiger partial charge in [-0.25, -0.2) is 4.79 Å². The number of Topliss-reactive ketones (excluding diaryl/α,β-unsaturated/α-hetero) is 1. The molecule has 0 aliphatic carbocycles. The van der Waals surface area contributed by atoms with E-state index in [0.717, 1.165) is 0 Å². The monoisotopic (exact) mass is 236 g/mol. The molecule has 0 saturated carbocycles. The number of nitrogens with two attached hydrogens (primary N) is 1. The number of carboxylic acid groups (broad SMARTS) is 1. The fourth-order valence-corrected chi connectivity index (χ4v) is 1.15. The van der Waals surface area contributed by atoms with Gasteiger partial charge in [0.15, 0.2) is 5.57 Å². The Hall–Kier alpha value is -2.70. The second-order valence-electron chi connectivity index (χ2n) is 3.02. The van der Waals surface area contributed by atoms with Crippen LogP contribution in [0.2, 0.25) is 0 Å². The average molecular weight is 236 g/mol. The average Bonchev–Trinajstić information content (AvgIpc) is 2.29. The molecule has 0 bridgehead atoms. The molecule has 0 unspecified atom stereocenters. The number of rotatable bonds is 4. The van der Waals surface area contributed by atoms with Crippen molar-refractivity contribution in [1.82, 2.24) is 0 Å². The fraction of sp³-hybridized carbons (Fsp3) is 0. The molecule has 0 aliphatic rings. The molecule has 0 atom stereocenters. The van der Waals surface area contributed by atoms with E-state index in [1.54, 1.807) is 6.07 Å². The summed E-state index contributed by atoms with van der Waals surface area (Å²) in [5.74, 6) is -3.90. The van der Waals surface area contributed by atoms with E-state index in [4.69, 9.17) is 10.8 Å². The van der Waals surface area contributed by atoms with Crippen molar-refractivity contribution >= 4 is 11.8 Å². The number of hydrogen-bond donors (Lipinski definition) is 2. The largest absolute Gasteiger partial charge is 0.477 e. The van der Waals surface area contributed by atoms with Gasteiger partial charge >= 0.3 is 11.8 Å². The molecule has 7 nitrogen and oxygen atoms in total. The second kappa shape index (κ2) is 4.88. The number of nitrogens with zero attached hydrogens (tertiary/aromatic N) is 1. The molecule has 0 saturated heterocycles. The lowest BCUT2D eigenvalue weighted by Crippen LogP contribution is -2.23. The molecule has 0 heterocycles. The predicted molar refractivity (Wildman–Crippen MR) is 56.6 cm³/mol. The standard InChI is InChI=1S/C10H8N2O5/c11-9(12(16)17)7(10(14)15)8(13)6-4-2-1-3-5-6/h1-5H,11H2,(H,14,15). The summed E-state index contributed by atoms with van der Waals surface area (Å²) >= 11 is 0. The van der Waals surface area contributed by atoms with Crippen LogP contribution in [0.15, 0.2) is 41.7 Å². The van der Waals surface area contributed by atoms with Gasteiger partial charge in [-0.2, -0.15) is 0 Å². The van der Waals surface area contributed by atoms with Gasteiger partial charge in [0.1, 0.15) is 0 Å². The Morgan fingerprint density at radius 1 is 1.24 bits per heavy atom. The van der Waals surface area contributed by atoms with Gasteiger partial charge < -0.3 is 15.2 Å². The molecule has 0 radical (unpaired) electrons. The lowest BCUT2D eigenvalue weighted by Gasteiger charge is -2.02. The van der Waals surface area contributed by atoms with E-state index in [1.165, 1.54) is 24.3 Å². The minimum atomic E-state index is -1.73. The number of aliphatic carboxylic acids is 1. The number of benzene rings is 1. The molecular formula is C10H8N2O5. The predicted octanol–water partition coefficient (Wildman–Crippen LogP) is 0.401. The summed E-state index contributed by atoms with van der Waals surface area (Å²) in [7, 11) is 0. The van der Waals surface area contributed by atoms with Crippen molar-refractivity contribution in [3.05, 3.63) is 57.4 Å². The summed E-state index contributed by atoms with van der Waals surface area (Å²) in [4.78, 5) is 31.8. The van der Waals surface area contributed by atoms with E-state index in [2.05, 4.69) is 0 Å². The van der Waals surface area contributed by atoms with E-state index < -0.39 is 28.1 Å². The van der Waals surface area contributed by atoms with Crippen molar-refractivity contribution in [2.45, 2.75) is 0 Å². The molecule has 3 N–H and O–H groups in total. The molecule has 17 heavy (non-hydrogen) atoms. The quantitative estimate of drug-likeness (QED) is 0.195. The highest BCUT2D eigenvalue weighted by Gasteiger charge is 2.28. The Morgan fingerprint density at radius 3 is 2.18 bits per heavy atom. The summed E-state index contributed by atoms with van der Waals surface area (Å²) in [5, 5.41) is 19.1. The maximum atomic E-state index is 11.7. The molecule has 0 spiro atoms. The van der Waals surface area contributed by atoms with Crippen molar-refractivity contribution in [2.24, 2.45) is 5.73 Å². The zero-order valence-electron chi connectivity index (χ0n) is 8.49. The topological polar surface area (TPSA) is 124 Å². The fourth-order valence-electron chi connectivity index (χ4n) is 1.15. The van der Waals surface area contributed by atoms with Crippen LogP contribution in [-0.4, -0.2) is 21.8 Å². The first-order valence-corrected chi connectivity index (χ1v) is 4.42. The first kappa shape index (κ1) is 12.4. The lowest BCUT2D eigenvalue weighted by molar-refractivity contribution is -0.427. The van der Waals surface area contributed by atoms with E-state index in [9.17, 15) is 19.7 Å². The normalized spacial score (nSPS) is 11.5. The molecule has 7 heteroatoms. The number of nitro groups is 1. The van der Waals surface area contributed by atoms with Crippen molar-refractivity contribution < 1.29 is 19.6 Å². The Balaban J connectivity index is 3.29. The highest BCUT2D eigenvalue weighted by Crippen LogP contribution is 2.11.